The van der Waals surface area contributed by atoms with Crippen LogP contribution >= 0.6 is 24.0 Å². The minimum absolute atomic E-state index is 0.0163. The van der Waals surface area contributed by atoms with E-state index >= 15 is 0 Å². The summed E-state index contributed by atoms with van der Waals surface area (Å²) in [5, 5.41) is 2.77. The lowest BCUT2D eigenvalue weighted by Gasteiger charge is -2.23. The van der Waals surface area contributed by atoms with Gasteiger partial charge in [0, 0.05) is 18.3 Å². The fourth-order valence-electron chi connectivity index (χ4n) is 3.88. The molecule has 2 aliphatic heterocycles. The molecule has 0 saturated carbocycles. The second kappa shape index (κ2) is 9.63. The van der Waals surface area contributed by atoms with Crippen molar-refractivity contribution in [3.63, 3.8) is 0 Å². The third-order valence-corrected chi connectivity index (χ3v) is 8.37. The van der Waals surface area contributed by atoms with Crippen LogP contribution < -0.4 is 9.80 Å². The van der Waals surface area contributed by atoms with Crippen LogP contribution in [0.4, 0.5) is 16.2 Å². The molecule has 4 rings (SSSR count). The number of anilines is 1. The highest BCUT2D eigenvalue weighted by Crippen LogP contribution is 2.47. The van der Waals surface area contributed by atoms with Crippen molar-refractivity contribution in [2.75, 3.05) is 31.3 Å². The van der Waals surface area contributed by atoms with Gasteiger partial charge in [0.2, 0.25) is 0 Å². The third-order valence-electron chi connectivity index (χ3n) is 5.64. The number of hydrogen-bond donors (Lipinski definition) is 1. The Morgan fingerprint density at radius 1 is 1.11 bits per heavy atom. The molecule has 1 atom stereocenters. The lowest BCUT2D eigenvalue weighted by atomic mass is 10.1. The topological polar surface area (TPSA) is 110 Å². The van der Waals surface area contributed by atoms with Gasteiger partial charge in [-0.05, 0) is 25.1 Å². The zero-order chi connectivity index (χ0) is 25.4. The Kier molecular flexibility index (Phi) is 6.93. The van der Waals surface area contributed by atoms with E-state index in [0.29, 0.717) is 16.9 Å². The first-order valence-electron chi connectivity index (χ1n) is 10.6. The minimum Gasteiger partial charge on any atom is -0.292 e. The number of amides is 4. The molecular formula is C23H22N3O6S3+. The van der Waals surface area contributed by atoms with E-state index in [-0.39, 0.29) is 28.0 Å². The summed E-state index contributed by atoms with van der Waals surface area (Å²) in [4.78, 5) is 41.6. The largest absolute Gasteiger partial charge is 0.433 e. The molecule has 0 radical (unpaired) electrons. The maximum absolute atomic E-state index is 13.8. The number of thiocarbonyl (C=S) groups is 1. The van der Waals surface area contributed by atoms with Gasteiger partial charge in [0.15, 0.2) is 5.69 Å². The van der Waals surface area contributed by atoms with Crippen LogP contribution in [0.15, 0.2) is 59.5 Å². The Hall–Kier alpha value is -2.90. The Morgan fingerprint density at radius 2 is 1.77 bits per heavy atom. The molecule has 12 heteroatoms. The maximum atomic E-state index is 13.8. The van der Waals surface area contributed by atoms with Gasteiger partial charge >= 0.3 is 11.9 Å². The number of benzene rings is 2. The lowest BCUT2D eigenvalue weighted by Crippen LogP contribution is -2.55. The van der Waals surface area contributed by atoms with Gasteiger partial charge in [-0.2, -0.15) is 8.42 Å². The van der Waals surface area contributed by atoms with Crippen molar-refractivity contribution in [3.05, 3.63) is 65.1 Å². The number of urea groups is 1. The van der Waals surface area contributed by atoms with E-state index in [0.717, 1.165) is 16.7 Å². The lowest BCUT2D eigenvalue weighted by molar-refractivity contribution is -0.123. The van der Waals surface area contributed by atoms with Gasteiger partial charge in [-0.1, -0.05) is 54.3 Å². The van der Waals surface area contributed by atoms with Gasteiger partial charge in [-0.25, -0.2) is 9.59 Å². The SMILES string of the molecule is CCOS(=O)(=O)CCN1C(=O)C(=C2C(=O)[N+](C)(C(=O)Nc3ccccc3)c3ccccc32)SC1=S. The smallest absolute Gasteiger partial charge is 0.292 e. The number of quaternary nitrogens is 1. The Bertz CT molecular complexity index is 1370. The molecule has 182 valence electrons. The minimum atomic E-state index is -3.82. The number of nitrogens with zero attached hydrogens (tertiary/aromatic N) is 2. The predicted molar refractivity (Wildman–Crippen MR) is 139 cm³/mol. The quantitative estimate of drug-likeness (QED) is 0.261. The van der Waals surface area contributed by atoms with Crippen molar-refractivity contribution < 1.29 is 27.0 Å². The number of carbonyl (C=O) groups is 3. The number of fused-ring (bicyclic) bond motifs is 1. The average molecular weight is 533 g/mol. The molecule has 1 N–H and O–H groups in total. The number of thioether (sulfide) groups is 1. The monoisotopic (exact) mass is 532 g/mol. The fraction of sp³-hybridized carbons (Fsp3) is 0.217. The van der Waals surface area contributed by atoms with Gasteiger partial charge in [0.25, 0.3) is 16.0 Å². The highest BCUT2D eigenvalue weighted by Gasteiger charge is 2.55. The van der Waals surface area contributed by atoms with Crippen LogP contribution in [0.25, 0.3) is 5.57 Å². The standard InChI is InChI=1S/C23H21N3O6S3/c1-3-32-35(30,31)14-13-25-20(27)19(34-23(25)33)18-16-11-7-8-12-17(16)26(2,21(18)28)22(29)24-15-9-5-4-6-10-15/h4-12H,3,13-14H2,1-2H3/p+1. The molecule has 0 aliphatic carbocycles. The van der Waals surface area contributed by atoms with Crippen molar-refractivity contribution in [3.8, 4) is 0 Å². The highest BCUT2D eigenvalue weighted by atomic mass is 32.2. The van der Waals surface area contributed by atoms with Gasteiger partial charge in [0.1, 0.15) is 9.89 Å². The van der Waals surface area contributed by atoms with Gasteiger partial charge in [-0.3, -0.25) is 19.2 Å². The van der Waals surface area contributed by atoms with Crippen molar-refractivity contribution in [1.29, 1.82) is 0 Å². The van der Waals surface area contributed by atoms with E-state index in [1.54, 1.807) is 55.5 Å². The molecule has 0 bridgehead atoms. The van der Waals surface area contributed by atoms with Crippen LogP contribution in [0, 0.1) is 0 Å². The molecule has 2 aromatic rings. The second-order valence-corrected chi connectivity index (χ2v) is 11.2. The summed E-state index contributed by atoms with van der Waals surface area (Å²) in [6.45, 7) is 1.33. The highest BCUT2D eigenvalue weighted by molar-refractivity contribution is 8.26. The summed E-state index contributed by atoms with van der Waals surface area (Å²) >= 11 is 6.23. The number of imide groups is 1. The first kappa shape index (κ1) is 25.2. The molecule has 9 nitrogen and oxygen atoms in total. The van der Waals surface area contributed by atoms with Crippen LogP contribution in [0.2, 0.25) is 0 Å². The number of para-hydroxylation sites is 2. The first-order chi connectivity index (χ1) is 16.6. The maximum Gasteiger partial charge on any atom is 0.433 e. The van der Waals surface area contributed by atoms with Crippen LogP contribution in [0.3, 0.4) is 0 Å². The van der Waals surface area contributed by atoms with Gasteiger partial charge < -0.3 is 0 Å². The molecule has 0 aromatic heterocycles. The molecule has 2 aromatic carbocycles. The second-order valence-electron chi connectivity index (χ2n) is 7.82. The summed E-state index contributed by atoms with van der Waals surface area (Å²) in [6.07, 6.45) is 0. The molecule has 4 amide bonds. The summed E-state index contributed by atoms with van der Waals surface area (Å²) in [7, 11) is -2.35. The molecule has 2 aliphatic rings. The molecule has 0 spiro atoms. The molecule has 1 fully saturated rings. The number of nitrogens with one attached hydrogen (secondary N) is 1. The molecular weight excluding hydrogens is 510 g/mol. The third kappa shape index (κ3) is 4.55. The number of likely N-dealkylation sites (N-methyl/N-ethyl adjacent to an activating group) is 1. The van der Waals surface area contributed by atoms with E-state index < -0.39 is 38.2 Å². The summed E-state index contributed by atoms with van der Waals surface area (Å²) < 4.78 is 28.0. The van der Waals surface area contributed by atoms with Crippen LogP contribution in [0.1, 0.15) is 12.5 Å². The van der Waals surface area contributed by atoms with E-state index in [4.69, 9.17) is 16.4 Å². The van der Waals surface area contributed by atoms with Crippen LogP contribution in [-0.4, -0.2) is 61.4 Å². The normalized spacial score (nSPS) is 22.0. The van der Waals surface area contributed by atoms with Crippen LogP contribution in [-0.2, 0) is 23.9 Å². The van der Waals surface area contributed by atoms with E-state index in [1.807, 2.05) is 6.07 Å². The van der Waals surface area contributed by atoms with Crippen LogP contribution in [0.5, 0.6) is 0 Å². The van der Waals surface area contributed by atoms with Crippen molar-refractivity contribution >= 4 is 73.2 Å². The number of hydrogen-bond acceptors (Lipinski definition) is 8. The van der Waals surface area contributed by atoms with Crippen molar-refractivity contribution in [2.24, 2.45) is 0 Å². The summed E-state index contributed by atoms with van der Waals surface area (Å²) in [5.41, 5.74) is 1.48. The Labute approximate surface area is 212 Å². The van der Waals surface area contributed by atoms with Crippen molar-refractivity contribution in [1.82, 2.24) is 9.38 Å². The molecule has 1 saturated heterocycles. The van der Waals surface area contributed by atoms with Gasteiger partial charge in [0.05, 0.1) is 29.9 Å². The Morgan fingerprint density at radius 3 is 2.46 bits per heavy atom. The van der Waals surface area contributed by atoms with E-state index in [2.05, 4.69) is 5.32 Å². The van der Waals surface area contributed by atoms with Crippen molar-refractivity contribution in [2.45, 2.75) is 6.92 Å². The van der Waals surface area contributed by atoms with Gasteiger partial charge in [-0.15, -0.1) is 4.48 Å². The molecule has 1 unspecified atom stereocenters. The molecule has 35 heavy (non-hydrogen) atoms. The zero-order valence-corrected chi connectivity index (χ0v) is 21.3. The molecule has 2 heterocycles. The first-order valence-corrected chi connectivity index (χ1v) is 13.4. The number of rotatable bonds is 6. The average Bonchev–Trinajstić information content (AvgIpc) is 3.23. The summed E-state index contributed by atoms with van der Waals surface area (Å²) in [5.74, 6) is -1.60. The predicted octanol–water partition coefficient (Wildman–Crippen LogP) is 3.33. The Balaban J connectivity index is 1.71. The fourth-order valence-corrected chi connectivity index (χ4v) is 6.15. The van der Waals surface area contributed by atoms with E-state index in [1.165, 1.54) is 7.05 Å². The summed E-state index contributed by atoms with van der Waals surface area (Å²) in [6, 6.07) is 14.9. The zero-order valence-electron chi connectivity index (χ0n) is 18.9. The number of carbonyl (C=O) groups excluding carboxylic acids is 3. The van der Waals surface area contributed by atoms with E-state index in [9.17, 15) is 22.8 Å².